The highest BCUT2D eigenvalue weighted by Crippen LogP contribution is 2.25. The fourth-order valence-electron chi connectivity index (χ4n) is 3.10. The van der Waals surface area contributed by atoms with Crippen molar-refractivity contribution in [2.24, 2.45) is 5.92 Å². The van der Waals surface area contributed by atoms with Crippen molar-refractivity contribution in [1.82, 2.24) is 10.2 Å². The van der Waals surface area contributed by atoms with Crippen LogP contribution in [0.4, 0.5) is 0 Å². The SMILES string of the molecule is COc1ccccc1OCCC(=O)NC[C@@H](C)N1CCC[C@@H](C)C1. The number of piperidine rings is 1. The van der Waals surface area contributed by atoms with Crippen LogP contribution < -0.4 is 14.8 Å². The molecule has 1 aromatic carbocycles. The zero-order valence-corrected chi connectivity index (χ0v) is 15.1. The van der Waals surface area contributed by atoms with Crippen LogP contribution in [-0.2, 0) is 4.79 Å². The number of benzene rings is 1. The van der Waals surface area contributed by atoms with E-state index in [-0.39, 0.29) is 5.91 Å². The molecule has 1 saturated heterocycles. The van der Waals surface area contributed by atoms with E-state index in [2.05, 4.69) is 24.1 Å². The molecule has 1 aliphatic heterocycles. The number of rotatable bonds is 8. The van der Waals surface area contributed by atoms with E-state index in [0.717, 1.165) is 19.0 Å². The molecule has 0 saturated carbocycles. The summed E-state index contributed by atoms with van der Waals surface area (Å²) in [5.74, 6) is 2.14. The van der Waals surface area contributed by atoms with Crippen molar-refractivity contribution in [1.29, 1.82) is 0 Å². The van der Waals surface area contributed by atoms with Crippen LogP contribution in [0.5, 0.6) is 11.5 Å². The van der Waals surface area contributed by atoms with E-state index in [4.69, 9.17) is 9.47 Å². The maximum absolute atomic E-state index is 12.0. The molecule has 0 spiro atoms. The van der Waals surface area contributed by atoms with Crippen LogP contribution in [0.1, 0.15) is 33.1 Å². The minimum atomic E-state index is 0.0294. The molecular formula is C19H30N2O3. The summed E-state index contributed by atoms with van der Waals surface area (Å²) >= 11 is 0. The molecule has 0 bridgehead atoms. The minimum Gasteiger partial charge on any atom is -0.493 e. The molecule has 1 aromatic rings. The van der Waals surface area contributed by atoms with Crippen LogP contribution >= 0.6 is 0 Å². The summed E-state index contributed by atoms with van der Waals surface area (Å²) in [6.45, 7) is 7.80. The lowest BCUT2D eigenvalue weighted by Gasteiger charge is -2.35. The van der Waals surface area contributed by atoms with Gasteiger partial charge in [-0.1, -0.05) is 19.1 Å². The van der Waals surface area contributed by atoms with Gasteiger partial charge in [-0.05, 0) is 44.4 Å². The predicted octanol–water partition coefficient (Wildman–Crippen LogP) is 2.70. The third kappa shape index (κ3) is 5.71. The highest BCUT2D eigenvalue weighted by atomic mass is 16.5. The fraction of sp³-hybridized carbons (Fsp3) is 0.632. The summed E-state index contributed by atoms with van der Waals surface area (Å²) in [5, 5.41) is 3.02. The van der Waals surface area contributed by atoms with Gasteiger partial charge in [-0.15, -0.1) is 0 Å². The summed E-state index contributed by atoms with van der Waals surface area (Å²) in [7, 11) is 1.61. The number of hydrogen-bond donors (Lipinski definition) is 1. The molecule has 0 aromatic heterocycles. The van der Waals surface area contributed by atoms with Gasteiger partial charge >= 0.3 is 0 Å². The Morgan fingerprint density at radius 3 is 2.83 bits per heavy atom. The number of likely N-dealkylation sites (tertiary alicyclic amines) is 1. The van der Waals surface area contributed by atoms with Gasteiger partial charge in [0.1, 0.15) is 0 Å². The highest BCUT2D eigenvalue weighted by Gasteiger charge is 2.21. The second-order valence-corrected chi connectivity index (χ2v) is 6.64. The molecule has 0 aliphatic carbocycles. The summed E-state index contributed by atoms with van der Waals surface area (Å²) in [6.07, 6.45) is 2.92. The molecule has 2 rings (SSSR count). The van der Waals surface area contributed by atoms with Gasteiger partial charge in [-0.25, -0.2) is 0 Å². The van der Waals surface area contributed by atoms with Crippen LogP contribution in [0, 0.1) is 5.92 Å². The van der Waals surface area contributed by atoms with Gasteiger partial charge in [-0.3, -0.25) is 9.69 Å². The Morgan fingerprint density at radius 2 is 2.12 bits per heavy atom. The molecule has 24 heavy (non-hydrogen) atoms. The first-order valence-electron chi connectivity index (χ1n) is 8.86. The molecule has 2 atom stereocenters. The van der Waals surface area contributed by atoms with E-state index < -0.39 is 0 Å². The number of nitrogens with one attached hydrogen (secondary N) is 1. The molecule has 1 aliphatic rings. The number of methoxy groups -OCH3 is 1. The number of carbonyl (C=O) groups excluding carboxylic acids is 1. The van der Waals surface area contributed by atoms with Crippen molar-refractivity contribution in [2.45, 2.75) is 39.2 Å². The van der Waals surface area contributed by atoms with Crippen LogP contribution in [0.25, 0.3) is 0 Å². The average Bonchev–Trinajstić information content (AvgIpc) is 2.60. The quantitative estimate of drug-likeness (QED) is 0.794. The number of amides is 1. The molecule has 1 amide bonds. The van der Waals surface area contributed by atoms with E-state index in [1.54, 1.807) is 7.11 Å². The molecule has 0 radical (unpaired) electrons. The lowest BCUT2D eigenvalue weighted by molar-refractivity contribution is -0.121. The van der Waals surface area contributed by atoms with Crippen LogP contribution in [0.2, 0.25) is 0 Å². The second-order valence-electron chi connectivity index (χ2n) is 6.64. The fourth-order valence-corrected chi connectivity index (χ4v) is 3.10. The third-order valence-electron chi connectivity index (χ3n) is 4.56. The van der Waals surface area contributed by atoms with Gasteiger partial charge < -0.3 is 14.8 Å². The highest BCUT2D eigenvalue weighted by molar-refractivity contribution is 5.76. The normalized spacial score (nSPS) is 19.5. The first kappa shape index (κ1) is 18.6. The molecule has 0 unspecified atom stereocenters. The van der Waals surface area contributed by atoms with Crippen LogP contribution in [0.15, 0.2) is 24.3 Å². The average molecular weight is 334 g/mol. The number of carbonyl (C=O) groups is 1. The topological polar surface area (TPSA) is 50.8 Å². The zero-order chi connectivity index (χ0) is 17.4. The maximum Gasteiger partial charge on any atom is 0.223 e. The first-order chi connectivity index (χ1) is 11.6. The summed E-state index contributed by atoms with van der Waals surface area (Å²) in [5.41, 5.74) is 0. The van der Waals surface area contributed by atoms with E-state index in [9.17, 15) is 4.79 Å². The van der Waals surface area contributed by atoms with E-state index >= 15 is 0 Å². The Morgan fingerprint density at radius 1 is 1.38 bits per heavy atom. The van der Waals surface area contributed by atoms with Crippen molar-refractivity contribution >= 4 is 5.91 Å². The van der Waals surface area contributed by atoms with Gasteiger partial charge in [0.2, 0.25) is 5.91 Å². The summed E-state index contributed by atoms with van der Waals surface area (Å²) in [4.78, 5) is 14.5. The summed E-state index contributed by atoms with van der Waals surface area (Å²) in [6, 6.07) is 7.85. The Bertz CT molecular complexity index is 521. The van der Waals surface area contributed by atoms with Crippen molar-refractivity contribution in [3.63, 3.8) is 0 Å². The van der Waals surface area contributed by atoms with Gasteiger partial charge in [0.15, 0.2) is 11.5 Å². The maximum atomic E-state index is 12.0. The second kappa shape index (κ2) is 9.52. The van der Waals surface area contributed by atoms with Gasteiger partial charge in [0.25, 0.3) is 0 Å². The molecule has 5 heteroatoms. The largest absolute Gasteiger partial charge is 0.493 e. The number of para-hydroxylation sites is 2. The first-order valence-corrected chi connectivity index (χ1v) is 8.86. The lowest BCUT2D eigenvalue weighted by atomic mass is 9.99. The van der Waals surface area contributed by atoms with E-state index in [1.165, 1.54) is 12.8 Å². The van der Waals surface area contributed by atoms with Crippen molar-refractivity contribution < 1.29 is 14.3 Å². The minimum absolute atomic E-state index is 0.0294. The van der Waals surface area contributed by atoms with E-state index in [1.807, 2.05) is 24.3 Å². The molecule has 1 heterocycles. The molecular weight excluding hydrogens is 304 g/mol. The van der Waals surface area contributed by atoms with Crippen LogP contribution in [0.3, 0.4) is 0 Å². The monoisotopic (exact) mass is 334 g/mol. The lowest BCUT2D eigenvalue weighted by Crippen LogP contribution is -2.46. The number of ether oxygens (including phenoxy) is 2. The van der Waals surface area contributed by atoms with Crippen molar-refractivity contribution in [3.8, 4) is 11.5 Å². The standard InChI is InChI=1S/C19H30N2O3/c1-15-7-6-11-21(14-15)16(2)13-20-19(22)10-12-24-18-9-5-4-8-17(18)23-3/h4-5,8-9,15-16H,6-7,10-14H2,1-3H3,(H,20,22)/t15-,16-/m1/s1. The number of hydrogen-bond acceptors (Lipinski definition) is 4. The Balaban J connectivity index is 1.66. The molecule has 1 fully saturated rings. The van der Waals surface area contributed by atoms with Crippen molar-refractivity contribution in [3.05, 3.63) is 24.3 Å². The third-order valence-corrected chi connectivity index (χ3v) is 4.56. The summed E-state index contributed by atoms with van der Waals surface area (Å²) < 4.78 is 10.9. The Kier molecular flexibility index (Phi) is 7.37. The van der Waals surface area contributed by atoms with Crippen LogP contribution in [-0.4, -0.2) is 50.2 Å². The Labute approximate surface area is 145 Å². The predicted molar refractivity (Wildman–Crippen MR) is 95.5 cm³/mol. The van der Waals surface area contributed by atoms with E-state index in [0.29, 0.717) is 37.1 Å². The van der Waals surface area contributed by atoms with Gasteiger partial charge in [0.05, 0.1) is 20.1 Å². The molecule has 1 N–H and O–H groups in total. The molecule has 134 valence electrons. The van der Waals surface area contributed by atoms with Gasteiger partial charge in [0, 0.05) is 19.1 Å². The van der Waals surface area contributed by atoms with Crippen molar-refractivity contribution in [2.75, 3.05) is 33.4 Å². The number of nitrogens with zero attached hydrogens (tertiary/aromatic N) is 1. The smallest absolute Gasteiger partial charge is 0.223 e. The zero-order valence-electron chi connectivity index (χ0n) is 15.1. The van der Waals surface area contributed by atoms with Gasteiger partial charge in [-0.2, -0.15) is 0 Å². The Hall–Kier alpha value is -1.75. The molecule has 5 nitrogen and oxygen atoms in total.